The van der Waals surface area contributed by atoms with Crippen molar-refractivity contribution in [3.05, 3.63) is 65.0 Å². The van der Waals surface area contributed by atoms with Gasteiger partial charge in [-0.25, -0.2) is 9.78 Å². The van der Waals surface area contributed by atoms with Gasteiger partial charge in [0.2, 0.25) is 0 Å². The Kier molecular flexibility index (Phi) is 3.65. The maximum atomic E-state index is 12.2. The third-order valence-electron chi connectivity index (χ3n) is 3.50. The maximum absolute atomic E-state index is 12.2. The molecule has 2 heterocycles. The Labute approximate surface area is 132 Å². The summed E-state index contributed by atoms with van der Waals surface area (Å²) in [6.07, 6.45) is 0. The monoisotopic (exact) mass is 310 g/mol. The number of hydrogen-bond donors (Lipinski definition) is 0. The molecule has 0 spiro atoms. The summed E-state index contributed by atoms with van der Waals surface area (Å²) in [4.78, 5) is 45.7. The fraction of sp³-hybridized carbons (Fsp3) is 0.176. The van der Waals surface area contributed by atoms with Gasteiger partial charge in [0.05, 0.1) is 11.1 Å². The normalized spacial score (nSPS) is 13.4. The van der Waals surface area contributed by atoms with E-state index in [0.717, 1.165) is 5.69 Å². The van der Waals surface area contributed by atoms with E-state index in [1.807, 2.05) is 13.8 Å². The Hall–Kier alpha value is -3.02. The minimum atomic E-state index is -0.845. The Morgan fingerprint density at radius 2 is 1.61 bits per heavy atom. The second kappa shape index (κ2) is 5.64. The van der Waals surface area contributed by atoms with Gasteiger partial charge < -0.3 is 4.84 Å². The lowest BCUT2D eigenvalue weighted by molar-refractivity contribution is -0.0588. The highest BCUT2D eigenvalue weighted by Gasteiger charge is 2.38. The number of imide groups is 1. The van der Waals surface area contributed by atoms with E-state index in [1.165, 1.54) is 18.2 Å². The van der Waals surface area contributed by atoms with Crippen molar-refractivity contribution in [1.82, 2.24) is 10.0 Å². The standard InChI is InChI=1S/C17H14N2O4/c1-10(2)13-8-5-9-14(18-13)17(22)23-19-15(20)11-6-3-4-7-12(11)16(19)21/h3-10H,1-2H3. The molecule has 1 aromatic carbocycles. The fourth-order valence-corrected chi connectivity index (χ4v) is 2.27. The van der Waals surface area contributed by atoms with Crippen LogP contribution in [0.1, 0.15) is 56.7 Å². The van der Waals surface area contributed by atoms with E-state index in [0.29, 0.717) is 5.06 Å². The highest BCUT2D eigenvalue weighted by molar-refractivity contribution is 6.21. The fourth-order valence-electron chi connectivity index (χ4n) is 2.27. The van der Waals surface area contributed by atoms with Crippen LogP contribution in [0.25, 0.3) is 0 Å². The zero-order valence-electron chi connectivity index (χ0n) is 12.6. The van der Waals surface area contributed by atoms with Crippen molar-refractivity contribution in [2.45, 2.75) is 19.8 Å². The summed E-state index contributed by atoms with van der Waals surface area (Å²) < 4.78 is 0. The van der Waals surface area contributed by atoms with Gasteiger partial charge in [-0.05, 0) is 30.2 Å². The number of nitrogens with zero attached hydrogens (tertiary/aromatic N) is 2. The lowest BCUT2D eigenvalue weighted by Crippen LogP contribution is -2.33. The van der Waals surface area contributed by atoms with Gasteiger partial charge in [0, 0.05) is 5.69 Å². The molecule has 1 aromatic heterocycles. The van der Waals surface area contributed by atoms with E-state index in [9.17, 15) is 14.4 Å². The van der Waals surface area contributed by atoms with Gasteiger partial charge in [0.15, 0.2) is 5.69 Å². The quantitative estimate of drug-likeness (QED) is 0.814. The molecule has 0 fully saturated rings. The molecule has 116 valence electrons. The highest BCUT2D eigenvalue weighted by atomic mass is 16.7. The molecule has 0 saturated carbocycles. The first kappa shape index (κ1) is 14.9. The number of rotatable bonds is 3. The predicted octanol–water partition coefficient (Wildman–Crippen LogP) is 2.57. The second-order valence-electron chi connectivity index (χ2n) is 5.43. The highest BCUT2D eigenvalue weighted by Crippen LogP contribution is 2.23. The van der Waals surface area contributed by atoms with Crippen LogP contribution in [-0.4, -0.2) is 27.8 Å². The number of hydroxylamine groups is 2. The number of carbonyl (C=O) groups is 3. The third-order valence-corrected chi connectivity index (χ3v) is 3.50. The number of pyridine rings is 1. The zero-order valence-corrected chi connectivity index (χ0v) is 12.6. The van der Waals surface area contributed by atoms with E-state index >= 15 is 0 Å². The molecule has 0 aliphatic carbocycles. The van der Waals surface area contributed by atoms with Gasteiger partial charge >= 0.3 is 5.97 Å². The van der Waals surface area contributed by atoms with Gasteiger partial charge in [-0.1, -0.05) is 37.1 Å². The minimum Gasteiger partial charge on any atom is -0.323 e. The van der Waals surface area contributed by atoms with Gasteiger partial charge in [0.1, 0.15) is 0 Å². The van der Waals surface area contributed by atoms with Crippen molar-refractivity contribution in [1.29, 1.82) is 0 Å². The van der Waals surface area contributed by atoms with Crippen LogP contribution in [0.4, 0.5) is 0 Å². The summed E-state index contributed by atoms with van der Waals surface area (Å²) in [6.45, 7) is 3.89. The van der Waals surface area contributed by atoms with Crippen molar-refractivity contribution in [3.8, 4) is 0 Å². The molecule has 6 nitrogen and oxygen atoms in total. The van der Waals surface area contributed by atoms with Crippen molar-refractivity contribution in [2.75, 3.05) is 0 Å². The van der Waals surface area contributed by atoms with E-state index in [2.05, 4.69) is 4.98 Å². The number of fused-ring (bicyclic) bond motifs is 1. The summed E-state index contributed by atoms with van der Waals surface area (Å²) in [5.74, 6) is -2.01. The third kappa shape index (κ3) is 2.59. The van der Waals surface area contributed by atoms with Crippen molar-refractivity contribution in [3.63, 3.8) is 0 Å². The Morgan fingerprint density at radius 3 is 2.17 bits per heavy atom. The molecule has 3 rings (SSSR count). The number of amides is 2. The van der Waals surface area contributed by atoms with Crippen molar-refractivity contribution in [2.24, 2.45) is 0 Å². The molecule has 23 heavy (non-hydrogen) atoms. The smallest absolute Gasteiger partial charge is 0.323 e. The molecule has 1 aliphatic rings. The van der Waals surface area contributed by atoms with Gasteiger partial charge in [-0.3, -0.25) is 9.59 Å². The average molecular weight is 310 g/mol. The lowest BCUT2D eigenvalue weighted by atomic mass is 10.1. The van der Waals surface area contributed by atoms with Crippen molar-refractivity contribution >= 4 is 17.8 Å². The number of aromatic nitrogens is 1. The summed E-state index contributed by atoms with van der Waals surface area (Å²) in [7, 11) is 0. The topological polar surface area (TPSA) is 76.6 Å². The van der Waals surface area contributed by atoms with Crippen LogP contribution in [0.3, 0.4) is 0 Å². The summed E-state index contributed by atoms with van der Waals surface area (Å²) in [5.41, 5.74) is 1.21. The van der Waals surface area contributed by atoms with Gasteiger partial charge in [-0.15, -0.1) is 0 Å². The number of carbonyl (C=O) groups excluding carboxylic acids is 3. The Morgan fingerprint density at radius 1 is 1.00 bits per heavy atom. The number of hydrogen-bond acceptors (Lipinski definition) is 5. The van der Waals surface area contributed by atoms with E-state index < -0.39 is 17.8 Å². The molecule has 0 radical (unpaired) electrons. The molecule has 2 amide bonds. The summed E-state index contributed by atoms with van der Waals surface area (Å²) in [5, 5.41) is 0.483. The molecule has 0 bridgehead atoms. The van der Waals surface area contributed by atoms with Crippen LogP contribution in [0.5, 0.6) is 0 Å². The van der Waals surface area contributed by atoms with Crippen LogP contribution < -0.4 is 0 Å². The molecule has 0 saturated heterocycles. The van der Waals surface area contributed by atoms with E-state index in [1.54, 1.807) is 24.3 Å². The van der Waals surface area contributed by atoms with Crippen molar-refractivity contribution < 1.29 is 19.2 Å². The predicted molar refractivity (Wildman–Crippen MR) is 80.7 cm³/mol. The molecule has 0 atom stereocenters. The molecular weight excluding hydrogens is 296 g/mol. The molecule has 6 heteroatoms. The molecule has 0 N–H and O–H groups in total. The summed E-state index contributed by atoms with van der Waals surface area (Å²) >= 11 is 0. The Bertz CT molecular complexity index is 779. The SMILES string of the molecule is CC(C)c1cccc(C(=O)ON2C(=O)c3ccccc3C2=O)n1. The summed E-state index contributed by atoms with van der Waals surface area (Å²) in [6, 6.07) is 11.3. The largest absolute Gasteiger partial charge is 0.382 e. The Balaban J connectivity index is 1.83. The molecule has 1 aliphatic heterocycles. The lowest BCUT2D eigenvalue weighted by Gasteiger charge is -2.13. The first-order valence-corrected chi connectivity index (χ1v) is 7.16. The van der Waals surface area contributed by atoms with Crippen LogP contribution in [0.15, 0.2) is 42.5 Å². The number of benzene rings is 1. The second-order valence-corrected chi connectivity index (χ2v) is 5.43. The van der Waals surface area contributed by atoms with Gasteiger partial charge in [-0.2, -0.15) is 0 Å². The van der Waals surface area contributed by atoms with E-state index in [-0.39, 0.29) is 22.7 Å². The minimum absolute atomic E-state index is 0.0488. The zero-order chi connectivity index (χ0) is 16.6. The van der Waals surface area contributed by atoms with E-state index in [4.69, 9.17) is 4.84 Å². The molecule has 2 aromatic rings. The first-order valence-electron chi connectivity index (χ1n) is 7.16. The van der Waals surface area contributed by atoms with Crippen LogP contribution in [0.2, 0.25) is 0 Å². The van der Waals surface area contributed by atoms with Crippen LogP contribution in [-0.2, 0) is 4.84 Å². The molecule has 0 unspecified atom stereocenters. The first-order chi connectivity index (χ1) is 11.0. The van der Waals surface area contributed by atoms with Crippen LogP contribution in [0, 0.1) is 0 Å². The van der Waals surface area contributed by atoms with Crippen LogP contribution >= 0.6 is 0 Å². The molecular formula is C17H14N2O4. The van der Waals surface area contributed by atoms with Gasteiger partial charge in [0.25, 0.3) is 11.8 Å². The average Bonchev–Trinajstić information content (AvgIpc) is 2.80. The maximum Gasteiger partial charge on any atom is 0.382 e.